The summed E-state index contributed by atoms with van der Waals surface area (Å²) in [5, 5.41) is 3.22. The van der Waals surface area contributed by atoms with Crippen LogP contribution in [-0.2, 0) is 30.5 Å². The lowest BCUT2D eigenvalue weighted by Gasteiger charge is -2.27. The topological polar surface area (TPSA) is 68.1 Å². The van der Waals surface area contributed by atoms with Gasteiger partial charge in [0.05, 0.1) is 24.6 Å². The van der Waals surface area contributed by atoms with Gasteiger partial charge in [-0.2, -0.15) is 0 Å². The maximum atomic E-state index is 5.42. The highest BCUT2D eigenvalue weighted by Gasteiger charge is 2.18. The molecule has 1 saturated heterocycles. The lowest BCUT2D eigenvalue weighted by Crippen LogP contribution is -2.36. The molecule has 0 amide bonds. The van der Waals surface area contributed by atoms with Crippen LogP contribution in [0, 0.1) is 0 Å². The van der Waals surface area contributed by atoms with Gasteiger partial charge in [0.15, 0.2) is 0 Å². The third-order valence-corrected chi connectivity index (χ3v) is 6.63. The molecule has 0 unspecified atom stereocenters. The third-order valence-electron chi connectivity index (χ3n) is 6.63. The number of nitrogens with zero attached hydrogens (tertiary/aromatic N) is 5. The molecule has 0 atom stereocenters. The van der Waals surface area contributed by atoms with Crippen LogP contribution in [0.5, 0.6) is 0 Å². The van der Waals surface area contributed by atoms with Crippen LogP contribution in [0.4, 0.5) is 5.82 Å². The smallest absolute Gasteiger partial charge is 0.128 e. The Morgan fingerprint density at radius 2 is 1.91 bits per heavy atom. The van der Waals surface area contributed by atoms with Gasteiger partial charge >= 0.3 is 0 Å². The Hall–Kier alpha value is -3.29. The fraction of sp³-hybridized carbons (Fsp3) is 0.393. The zero-order chi connectivity index (χ0) is 23.9. The summed E-state index contributed by atoms with van der Waals surface area (Å²) in [5.74, 6) is 2.07. The van der Waals surface area contributed by atoms with E-state index in [0.717, 1.165) is 67.9 Å². The van der Waals surface area contributed by atoms with Crippen molar-refractivity contribution in [3.8, 4) is 11.3 Å². The summed E-state index contributed by atoms with van der Waals surface area (Å²) in [5.41, 5.74) is 6.05. The third kappa shape index (κ3) is 5.52. The average molecular weight is 471 g/mol. The monoisotopic (exact) mass is 470 g/mol. The molecule has 7 heteroatoms. The lowest BCUT2D eigenvalue weighted by molar-refractivity contribution is 0.122. The Labute approximate surface area is 207 Å². The predicted molar refractivity (Wildman–Crippen MR) is 140 cm³/mol. The molecule has 1 fully saturated rings. The summed E-state index contributed by atoms with van der Waals surface area (Å²) in [6.45, 7) is 4.06. The molecule has 7 nitrogen and oxygen atoms in total. The summed E-state index contributed by atoms with van der Waals surface area (Å²) in [6.07, 6.45) is 18.1. The molecule has 182 valence electrons. The number of hydrogen-bond donors (Lipinski definition) is 1. The van der Waals surface area contributed by atoms with Crippen molar-refractivity contribution in [2.75, 3.05) is 38.3 Å². The van der Waals surface area contributed by atoms with E-state index in [1.54, 1.807) is 0 Å². The zero-order valence-corrected chi connectivity index (χ0v) is 20.5. The number of rotatable bonds is 4. The van der Waals surface area contributed by atoms with Crippen LogP contribution in [0.2, 0.25) is 0 Å². The standard InChI is InChI=1S/C19H23N5O.C9H11N/c1-20-14-16-19(24-8-4-2-3-5-18(24)22-16)15-6-7-17(21-13-15)23-9-11-25-12-10-23;1-2-6-9-8(4-1)5-3-7-10-9/h2-4,6-8,13,20H,5,9-12,14H2,1H3;3,5,7H,1-2,4,6H2. The van der Waals surface area contributed by atoms with E-state index in [9.17, 15) is 0 Å². The van der Waals surface area contributed by atoms with Gasteiger partial charge < -0.3 is 19.5 Å². The second-order valence-electron chi connectivity index (χ2n) is 9.02. The molecule has 0 aromatic carbocycles. The van der Waals surface area contributed by atoms with E-state index in [2.05, 4.69) is 62.4 Å². The Morgan fingerprint density at radius 1 is 1.03 bits per heavy atom. The number of fused-ring (bicyclic) bond motifs is 2. The SMILES string of the molecule is CNCc1nc2n(c1-c1ccc(N3CCOCC3)nc1)C=CC=CC2.c1cnc2c(c1)CCCC2. The van der Waals surface area contributed by atoms with Gasteiger partial charge in [0.2, 0.25) is 0 Å². The van der Waals surface area contributed by atoms with Crippen molar-refractivity contribution in [1.82, 2.24) is 24.8 Å². The van der Waals surface area contributed by atoms with E-state index in [-0.39, 0.29) is 0 Å². The van der Waals surface area contributed by atoms with Crippen molar-refractivity contribution in [2.24, 2.45) is 0 Å². The van der Waals surface area contributed by atoms with Gasteiger partial charge in [-0.05, 0) is 62.6 Å². The molecular formula is C28H34N6O. The lowest BCUT2D eigenvalue weighted by atomic mass is 9.96. The molecule has 0 spiro atoms. The predicted octanol–water partition coefficient (Wildman–Crippen LogP) is 4.04. The van der Waals surface area contributed by atoms with E-state index < -0.39 is 0 Å². The normalized spacial score (nSPS) is 16.7. The highest BCUT2D eigenvalue weighted by atomic mass is 16.5. The molecule has 2 aliphatic heterocycles. The van der Waals surface area contributed by atoms with Gasteiger partial charge in [-0.1, -0.05) is 18.2 Å². The summed E-state index contributed by atoms with van der Waals surface area (Å²) in [7, 11) is 1.95. The molecule has 1 N–H and O–H groups in total. The molecule has 3 aromatic rings. The summed E-state index contributed by atoms with van der Waals surface area (Å²) in [4.78, 5) is 16.1. The molecule has 3 aromatic heterocycles. The van der Waals surface area contributed by atoms with Crippen molar-refractivity contribution in [3.63, 3.8) is 0 Å². The number of morpholine rings is 1. The number of aromatic nitrogens is 4. The van der Waals surface area contributed by atoms with Crippen molar-refractivity contribution in [3.05, 3.63) is 77.7 Å². The van der Waals surface area contributed by atoms with E-state index in [4.69, 9.17) is 14.7 Å². The van der Waals surface area contributed by atoms with Gasteiger partial charge in [-0.3, -0.25) is 4.98 Å². The van der Waals surface area contributed by atoms with Crippen LogP contribution in [-0.4, -0.2) is 52.9 Å². The first-order valence-electron chi connectivity index (χ1n) is 12.6. The van der Waals surface area contributed by atoms with E-state index in [1.807, 2.05) is 25.5 Å². The van der Waals surface area contributed by atoms with Gasteiger partial charge in [-0.25, -0.2) is 9.97 Å². The van der Waals surface area contributed by atoms with Crippen LogP contribution in [0.3, 0.4) is 0 Å². The van der Waals surface area contributed by atoms with Crippen LogP contribution in [0.25, 0.3) is 17.5 Å². The van der Waals surface area contributed by atoms with Crippen molar-refractivity contribution in [2.45, 2.75) is 38.6 Å². The van der Waals surface area contributed by atoms with Gasteiger partial charge in [0.25, 0.3) is 0 Å². The number of pyridine rings is 2. The Morgan fingerprint density at radius 3 is 2.71 bits per heavy atom. The van der Waals surface area contributed by atoms with Crippen LogP contribution >= 0.6 is 0 Å². The van der Waals surface area contributed by atoms with Crippen LogP contribution in [0.1, 0.15) is 35.6 Å². The van der Waals surface area contributed by atoms with Gasteiger partial charge in [-0.15, -0.1) is 0 Å². The summed E-state index contributed by atoms with van der Waals surface area (Å²) < 4.78 is 7.60. The van der Waals surface area contributed by atoms with E-state index >= 15 is 0 Å². The number of allylic oxidation sites excluding steroid dienone is 3. The number of hydrogen-bond acceptors (Lipinski definition) is 6. The minimum Gasteiger partial charge on any atom is -0.378 e. The molecule has 35 heavy (non-hydrogen) atoms. The van der Waals surface area contributed by atoms with Crippen molar-refractivity contribution >= 4 is 12.0 Å². The Bertz CT molecular complexity index is 1150. The molecule has 6 rings (SSSR count). The number of ether oxygens (including phenoxy) is 1. The fourth-order valence-corrected chi connectivity index (χ4v) is 4.86. The largest absolute Gasteiger partial charge is 0.378 e. The second-order valence-corrected chi connectivity index (χ2v) is 9.02. The van der Waals surface area contributed by atoms with E-state index in [1.165, 1.54) is 36.9 Å². The quantitative estimate of drug-likeness (QED) is 0.621. The molecule has 0 saturated carbocycles. The van der Waals surface area contributed by atoms with Gasteiger partial charge in [0, 0.05) is 55.9 Å². The van der Waals surface area contributed by atoms with Gasteiger partial charge in [0.1, 0.15) is 11.6 Å². The number of aryl methyl sites for hydroxylation is 2. The molecule has 0 bridgehead atoms. The average Bonchev–Trinajstić information content (AvgIpc) is 3.10. The first-order chi connectivity index (χ1) is 17.3. The number of imidazole rings is 1. The fourth-order valence-electron chi connectivity index (χ4n) is 4.86. The summed E-state index contributed by atoms with van der Waals surface area (Å²) in [6, 6.07) is 8.47. The Kier molecular flexibility index (Phi) is 7.66. The molecule has 5 heterocycles. The summed E-state index contributed by atoms with van der Waals surface area (Å²) >= 11 is 0. The highest BCUT2D eigenvalue weighted by Crippen LogP contribution is 2.28. The zero-order valence-electron chi connectivity index (χ0n) is 20.5. The maximum absolute atomic E-state index is 5.42. The van der Waals surface area contributed by atoms with Crippen molar-refractivity contribution < 1.29 is 4.74 Å². The molecule has 3 aliphatic rings. The first kappa shape index (κ1) is 23.5. The maximum Gasteiger partial charge on any atom is 0.128 e. The van der Waals surface area contributed by atoms with Crippen LogP contribution < -0.4 is 10.2 Å². The molecular weight excluding hydrogens is 436 g/mol. The Balaban J connectivity index is 0.000000211. The minimum atomic E-state index is 0.734. The molecule has 1 aliphatic carbocycles. The number of nitrogens with one attached hydrogen (secondary N) is 1. The van der Waals surface area contributed by atoms with E-state index in [0.29, 0.717) is 0 Å². The second kappa shape index (κ2) is 11.4. The van der Waals surface area contributed by atoms with Crippen molar-refractivity contribution in [1.29, 1.82) is 0 Å². The molecule has 0 radical (unpaired) electrons. The number of anilines is 1. The first-order valence-corrected chi connectivity index (χ1v) is 12.6. The minimum absolute atomic E-state index is 0.734. The van der Waals surface area contributed by atoms with Crippen LogP contribution in [0.15, 0.2) is 54.9 Å². The highest BCUT2D eigenvalue weighted by molar-refractivity contribution is 5.67.